The Bertz CT molecular complexity index is 105. The Morgan fingerprint density at radius 1 is 1.60 bits per heavy atom. The van der Waals surface area contributed by atoms with E-state index in [0.29, 0.717) is 12.3 Å². The van der Waals surface area contributed by atoms with Crippen molar-refractivity contribution in [1.82, 2.24) is 0 Å². The summed E-state index contributed by atoms with van der Waals surface area (Å²) in [4.78, 5) is 9.90. The van der Waals surface area contributed by atoms with E-state index in [2.05, 4.69) is 13.0 Å². The summed E-state index contributed by atoms with van der Waals surface area (Å²) in [5.41, 5.74) is 0. The molecule has 1 radical (unpaired) electrons. The first kappa shape index (κ1) is 9.41. The van der Waals surface area contributed by atoms with Crippen molar-refractivity contribution in [3.63, 3.8) is 0 Å². The lowest BCUT2D eigenvalue weighted by Crippen LogP contribution is -1.93. The predicted octanol–water partition coefficient (Wildman–Crippen LogP) is 2.48. The highest BCUT2D eigenvalue weighted by Crippen LogP contribution is 2.08. The average Bonchev–Trinajstić information content (AvgIpc) is 1.89. The molecular weight excluding hydrogens is 124 g/mol. The van der Waals surface area contributed by atoms with Crippen molar-refractivity contribution < 1.29 is 4.79 Å². The van der Waals surface area contributed by atoms with Crippen LogP contribution in [0.5, 0.6) is 0 Å². The van der Waals surface area contributed by atoms with Gasteiger partial charge in [-0.1, -0.05) is 19.1 Å². The molecule has 0 aliphatic heterocycles. The van der Waals surface area contributed by atoms with Crippen molar-refractivity contribution in [2.75, 3.05) is 0 Å². The summed E-state index contributed by atoms with van der Waals surface area (Å²) >= 11 is 0. The fourth-order valence-electron chi connectivity index (χ4n) is 0.792. The lowest BCUT2D eigenvalue weighted by molar-refractivity contribution is 0.507. The monoisotopic (exact) mass is 139 g/mol. The maximum Gasteiger partial charge on any atom is 0.198 e. The largest absolute Gasteiger partial charge is 0.291 e. The van der Waals surface area contributed by atoms with Crippen LogP contribution in [-0.4, -0.2) is 6.29 Å². The third-order valence-corrected chi connectivity index (χ3v) is 1.49. The van der Waals surface area contributed by atoms with Gasteiger partial charge in [0.25, 0.3) is 0 Å². The smallest absolute Gasteiger partial charge is 0.198 e. The third-order valence-electron chi connectivity index (χ3n) is 1.49. The number of carbonyl (C=O) groups excluding carboxylic acids is 1. The van der Waals surface area contributed by atoms with Gasteiger partial charge in [-0.2, -0.15) is 0 Å². The Kier molecular flexibility index (Phi) is 6.14. The van der Waals surface area contributed by atoms with Gasteiger partial charge in [-0.25, -0.2) is 0 Å². The Morgan fingerprint density at radius 2 is 2.30 bits per heavy atom. The van der Waals surface area contributed by atoms with Crippen LogP contribution in [0.4, 0.5) is 0 Å². The average molecular weight is 139 g/mol. The molecule has 0 fully saturated rings. The van der Waals surface area contributed by atoms with E-state index in [1.54, 1.807) is 0 Å². The molecule has 57 valence electrons. The predicted molar refractivity (Wildman–Crippen MR) is 43.5 cm³/mol. The first-order valence-electron chi connectivity index (χ1n) is 3.77. The molecule has 0 amide bonds. The fourth-order valence-corrected chi connectivity index (χ4v) is 0.792. The molecule has 1 atom stereocenters. The quantitative estimate of drug-likeness (QED) is 0.535. The van der Waals surface area contributed by atoms with Crippen molar-refractivity contribution in [2.24, 2.45) is 5.92 Å². The van der Waals surface area contributed by atoms with Crippen molar-refractivity contribution >= 4 is 6.29 Å². The van der Waals surface area contributed by atoms with E-state index >= 15 is 0 Å². The number of rotatable bonds is 5. The Hall–Kier alpha value is -0.590. The van der Waals surface area contributed by atoms with E-state index in [9.17, 15) is 4.79 Å². The van der Waals surface area contributed by atoms with Gasteiger partial charge in [0, 0.05) is 6.42 Å². The molecule has 0 rings (SSSR count). The van der Waals surface area contributed by atoms with Crippen LogP contribution in [0, 0.1) is 5.92 Å². The highest BCUT2D eigenvalue weighted by molar-refractivity contribution is 5.50. The first-order chi connectivity index (χ1) is 4.81. The Labute approximate surface area is 63.1 Å². The zero-order valence-electron chi connectivity index (χ0n) is 6.76. The zero-order valence-corrected chi connectivity index (χ0v) is 6.76. The van der Waals surface area contributed by atoms with E-state index in [1.807, 2.05) is 19.3 Å². The summed E-state index contributed by atoms with van der Waals surface area (Å²) in [5.74, 6) is 0.494. The minimum atomic E-state index is 0.494. The molecule has 0 saturated carbocycles. The van der Waals surface area contributed by atoms with Crippen molar-refractivity contribution in [3.8, 4) is 0 Å². The second-order valence-electron chi connectivity index (χ2n) is 2.60. The lowest BCUT2D eigenvalue weighted by Gasteiger charge is -2.02. The second-order valence-corrected chi connectivity index (χ2v) is 2.60. The minimum absolute atomic E-state index is 0.494. The number of hydrogen-bond donors (Lipinski definition) is 0. The molecule has 0 heterocycles. The number of allylic oxidation sites excluding steroid dienone is 2. The Balaban J connectivity index is 3.20. The van der Waals surface area contributed by atoms with E-state index in [4.69, 9.17) is 0 Å². The highest BCUT2D eigenvalue weighted by Gasteiger charge is 1.98. The van der Waals surface area contributed by atoms with E-state index in [0.717, 1.165) is 12.8 Å². The van der Waals surface area contributed by atoms with Gasteiger partial charge >= 0.3 is 0 Å². The molecule has 0 N–H and O–H groups in total. The molecule has 1 heteroatoms. The summed E-state index contributed by atoms with van der Waals surface area (Å²) in [7, 11) is 0. The van der Waals surface area contributed by atoms with Gasteiger partial charge in [-0.3, -0.25) is 4.79 Å². The van der Waals surface area contributed by atoms with Crippen LogP contribution in [0.15, 0.2) is 12.2 Å². The molecule has 0 bridgehead atoms. The normalized spacial score (nSPS) is 13.8. The maximum absolute atomic E-state index is 9.90. The summed E-state index contributed by atoms with van der Waals surface area (Å²) < 4.78 is 0. The summed E-state index contributed by atoms with van der Waals surface area (Å²) in [6, 6.07) is 0. The fraction of sp³-hybridized carbons (Fsp3) is 0.667. The summed E-state index contributed by atoms with van der Waals surface area (Å²) in [6.07, 6.45) is 8.85. The first-order valence-corrected chi connectivity index (χ1v) is 3.77. The second kappa shape index (κ2) is 6.53. The molecule has 0 saturated heterocycles. The van der Waals surface area contributed by atoms with Gasteiger partial charge in [0.05, 0.1) is 0 Å². The van der Waals surface area contributed by atoms with Gasteiger partial charge < -0.3 is 0 Å². The minimum Gasteiger partial charge on any atom is -0.291 e. The van der Waals surface area contributed by atoms with Crippen LogP contribution >= 0.6 is 0 Å². The Morgan fingerprint density at radius 3 is 2.80 bits per heavy atom. The van der Waals surface area contributed by atoms with Crippen LogP contribution in [0.3, 0.4) is 0 Å². The SMILES string of the molecule is C/C=C/CCC(C)C[C]=O. The van der Waals surface area contributed by atoms with Crippen molar-refractivity contribution in [3.05, 3.63) is 12.2 Å². The van der Waals surface area contributed by atoms with Gasteiger partial charge in [0.1, 0.15) is 0 Å². The van der Waals surface area contributed by atoms with E-state index in [1.165, 1.54) is 0 Å². The lowest BCUT2D eigenvalue weighted by atomic mass is 10.0. The molecular formula is C9H15O. The molecule has 10 heavy (non-hydrogen) atoms. The van der Waals surface area contributed by atoms with Crippen LogP contribution in [-0.2, 0) is 4.79 Å². The molecule has 1 unspecified atom stereocenters. The van der Waals surface area contributed by atoms with Crippen LogP contribution in [0.2, 0.25) is 0 Å². The standard InChI is InChI=1S/C9H15O/c1-3-4-5-6-9(2)7-8-10/h3-4,9H,5-7H2,1-2H3/b4-3+. The summed E-state index contributed by atoms with van der Waals surface area (Å²) in [5, 5.41) is 0. The molecule has 0 aromatic heterocycles. The van der Waals surface area contributed by atoms with Crippen LogP contribution in [0.25, 0.3) is 0 Å². The molecule has 0 aliphatic rings. The van der Waals surface area contributed by atoms with Crippen molar-refractivity contribution in [2.45, 2.75) is 33.1 Å². The number of hydrogen-bond acceptors (Lipinski definition) is 1. The van der Waals surface area contributed by atoms with Gasteiger partial charge in [-0.05, 0) is 25.7 Å². The zero-order chi connectivity index (χ0) is 7.82. The molecule has 0 spiro atoms. The maximum atomic E-state index is 9.90. The van der Waals surface area contributed by atoms with Crippen molar-refractivity contribution in [1.29, 1.82) is 0 Å². The highest BCUT2D eigenvalue weighted by atomic mass is 16.1. The van der Waals surface area contributed by atoms with Crippen LogP contribution < -0.4 is 0 Å². The molecule has 0 aromatic rings. The molecule has 0 aromatic carbocycles. The van der Waals surface area contributed by atoms with E-state index in [-0.39, 0.29) is 0 Å². The summed E-state index contributed by atoms with van der Waals surface area (Å²) in [6.45, 7) is 4.09. The van der Waals surface area contributed by atoms with Gasteiger partial charge in [-0.15, -0.1) is 0 Å². The molecule has 1 nitrogen and oxygen atoms in total. The van der Waals surface area contributed by atoms with E-state index < -0.39 is 0 Å². The van der Waals surface area contributed by atoms with Gasteiger partial charge in [0.15, 0.2) is 6.29 Å². The third kappa shape index (κ3) is 5.54. The topological polar surface area (TPSA) is 17.1 Å². The molecule has 0 aliphatic carbocycles. The van der Waals surface area contributed by atoms with Crippen LogP contribution in [0.1, 0.15) is 33.1 Å². The van der Waals surface area contributed by atoms with Gasteiger partial charge in [0.2, 0.25) is 0 Å².